The normalized spacial score (nSPS) is 13.1. The van der Waals surface area contributed by atoms with Gasteiger partial charge in [-0.1, -0.05) is 6.07 Å². The Hall–Kier alpha value is -3.41. The number of hydrogen-bond donors (Lipinski definition) is 0. The lowest BCUT2D eigenvalue weighted by Gasteiger charge is -2.19. The van der Waals surface area contributed by atoms with E-state index in [1.54, 1.807) is 10.9 Å². The Labute approximate surface area is 150 Å². The Morgan fingerprint density at radius 3 is 2.58 bits per heavy atom. The second-order valence-electron chi connectivity index (χ2n) is 6.19. The fraction of sp³-hybridized carbons (Fsp3) is 0.150. The molecule has 4 heterocycles. The second-order valence-corrected chi connectivity index (χ2v) is 6.19. The van der Waals surface area contributed by atoms with Crippen molar-refractivity contribution in [1.29, 1.82) is 0 Å². The molecule has 0 amide bonds. The molecular formula is C20H16N4O2. The lowest BCUT2D eigenvalue weighted by Crippen LogP contribution is -2.15. The van der Waals surface area contributed by atoms with Gasteiger partial charge in [0.25, 0.3) is 0 Å². The molecule has 6 heteroatoms. The van der Waals surface area contributed by atoms with E-state index in [1.165, 1.54) is 0 Å². The van der Waals surface area contributed by atoms with Crippen LogP contribution in [0, 0.1) is 0 Å². The highest BCUT2D eigenvalue weighted by Crippen LogP contribution is 2.39. The van der Waals surface area contributed by atoms with Crippen molar-refractivity contribution >= 4 is 10.9 Å². The largest absolute Gasteiger partial charge is 0.486 e. The number of fused-ring (bicyclic) bond motifs is 2. The Morgan fingerprint density at radius 2 is 1.85 bits per heavy atom. The van der Waals surface area contributed by atoms with Gasteiger partial charge < -0.3 is 9.47 Å². The number of aryl methyl sites for hydroxylation is 1. The van der Waals surface area contributed by atoms with E-state index in [4.69, 9.17) is 14.5 Å². The standard InChI is InChI=1S/C20H16N4O2/c1-24-12-13(11-22-24)17-8-14(16-4-2-3-5-21-16)15-9-19-20(10-18(15)23-17)26-7-6-25-19/h2-5,8-12H,6-7H2,1H3. The highest BCUT2D eigenvalue weighted by Gasteiger charge is 2.17. The third kappa shape index (κ3) is 2.47. The molecule has 5 rings (SSSR count). The Balaban J connectivity index is 1.80. The molecule has 0 N–H and O–H groups in total. The van der Waals surface area contributed by atoms with E-state index < -0.39 is 0 Å². The van der Waals surface area contributed by atoms with E-state index in [1.807, 2.05) is 49.8 Å². The SMILES string of the molecule is Cn1cc(-c2cc(-c3ccccn3)c3cc4c(cc3n2)OCCO4)cn1. The molecule has 3 aromatic heterocycles. The molecule has 6 nitrogen and oxygen atoms in total. The molecule has 0 radical (unpaired) electrons. The molecule has 4 aromatic rings. The summed E-state index contributed by atoms with van der Waals surface area (Å²) >= 11 is 0. The highest BCUT2D eigenvalue weighted by atomic mass is 16.6. The summed E-state index contributed by atoms with van der Waals surface area (Å²) in [5, 5.41) is 5.25. The van der Waals surface area contributed by atoms with Crippen molar-refractivity contribution in [2.45, 2.75) is 0 Å². The molecule has 0 bridgehead atoms. The van der Waals surface area contributed by atoms with Crippen LogP contribution in [0.2, 0.25) is 0 Å². The van der Waals surface area contributed by atoms with Gasteiger partial charge in [0.15, 0.2) is 11.5 Å². The lowest BCUT2D eigenvalue weighted by atomic mass is 10.0. The van der Waals surface area contributed by atoms with E-state index in [0.29, 0.717) is 13.2 Å². The Bertz CT molecular complexity index is 1110. The minimum atomic E-state index is 0.550. The zero-order valence-electron chi connectivity index (χ0n) is 14.2. The van der Waals surface area contributed by atoms with Crippen molar-refractivity contribution in [2.75, 3.05) is 13.2 Å². The molecule has 0 saturated heterocycles. The molecule has 26 heavy (non-hydrogen) atoms. The van der Waals surface area contributed by atoms with Crippen LogP contribution >= 0.6 is 0 Å². The van der Waals surface area contributed by atoms with Crippen LogP contribution in [0.15, 0.2) is 55.0 Å². The molecular weight excluding hydrogens is 328 g/mol. The molecule has 0 saturated carbocycles. The van der Waals surface area contributed by atoms with E-state index in [0.717, 1.165) is 44.9 Å². The summed E-state index contributed by atoms with van der Waals surface area (Å²) in [6.07, 6.45) is 5.56. The van der Waals surface area contributed by atoms with Crippen LogP contribution in [0.4, 0.5) is 0 Å². The first kappa shape index (κ1) is 14.9. The van der Waals surface area contributed by atoms with Gasteiger partial charge in [0.1, 0.15) is 13.2 Å². The minimum Gasteiger partial charge on any atom is -0.486 e. The molecule has 1 aromatic carbocycles. The fourth-order valence-electron chi connectivity index (χ4n) is 3.20. The van der Waals surface area contributed by atoms with Crippen LogP contribution in [-0.4, -0.2) is 33.0 Å². The van der Waals surface area contributed by atoms with Gasteiger partial charge in [-0.2, -0.15) is 5.10 Å². The molecule has 128 valence electrons. The monoisotopic (exact) mass is 344 g/mol. The van der Waals surface area contributed by atoms with Gasteiger partial charge in [0.2, 0.25) is 0 Å². The zero-order chi connectivity index (χ0) is 17.5. The van der Waals surface area contributed by atoms with Crippen molar-refractivity contribution in [3.05, 3.63) is 55.0 Å². The maximum absolute atomic E-state index is 5.75. The summed E-state index contributed by atoms with van der Waals surface area (Å²) in [5.41, 5.74) is 4.55. The average Bonchev–Trinajstić information content (AvgIpc) is 3.12. The van der Waals surface area contributed by atoms with Crippen LogP contribution in [-0.2, 0) is 7.05 Å². The van der Waals surface area contributed by atoms with Gasteiger partial charge in [-0.25, -0.2) is 4.98 Å². The summed E-state index contributed by atoms with van der Waals surface area (Å²) in [4.78, 5) is 9.37. The van der Waals surface area contributed by atoms with E-state index in [2.05, 4.69) is 16.1 Å². The summed E-state index contributed by atoms with van der Waals surface area (Å²) in [7, 11) is 1.89. The smallest absolute Gasteiger partial charge is 0.163 e. The molecule has 1 aliphatic heterocycles. The fourth-order valence-corrected chi connectivity index (χ4v) is 3.20. The van der Waals surface area contributed by atoms with Crippen LogP contribution in [0.1, 0.15) is 0 Å². The summed E-state index contributed by atoms with van der Waals surface area (Å²) < 4.78 is 13.3. The summed E-state index contributed by atoms with van der Waals surface area (Å²) in [6.45, 7) is 1.10. The van der Waals surface area contributed by atoms with Crippen molar-refractivity contribution in [1.82, 2.24) is 19.7 Å². The van der Waals surface area contributed by atoms with Gasteiger partial charge >= 0.3 is 0 Å². The zero-order valence-corrected chi connectivity index (χ0v) is 14.2. The number of nitrogens with zero attached hydrogens (tertiary/aromatic N) is 4. The molecule has 1 aliphatic rings. The number of aromatic nitrogens is 4. The highest BCUT2D eigenvalue weighted by molar-refractivity contribution is 5.97. The summed E-state index contributed by atoms with van der Waals surface area (Å²) in [5.74, 6) is 1.48. The quantitative estimate of drug-likeness (QED) is 0.557. The number of hydrogen-bond acceptors (Lipinski definition) is 5. The first-order valence-corrected chi connectivity index (χ1v) is 8.43. The molecule has 0 atom stereocenters. The maximum atomic E-state index is 5.75. The van der Waals surface area contributed by atoms with E-state index >= 15 is 0 Å². The van der Waals surface area contributed by atoms with Gasteiger partial charge in [-0.05, 0) is 24.3 Å². The first-order chi connectivity index (χ1) is 12.8. The number of pyridine rings is 2. The average molecular weight is 344 g/mol. The van der Waals surface area contributed by atoms with Crippen molar-refractivity contribution in [3.63, 3.8) is 0 Å². The third-order valence-corrected chi connectivity index (χ3v) is 4.41. The van der Waals surface area contributed by atoms with Gasteiger partial charge in [-0.15, -0.1) is 0 Å². The van der Waals surface area contributed by atoms with E-state index in [9.17, 15) is 0 Å². The van der Waals surface area contributed by atoms with Crippen LogP contribution in [0.25, 0.3) is 33.4 Å². The number of rotatable bonds is 2. The van der Waals surface area contributed by atoms with Gasteiger partial charge in [-0.3, -0.25) is 9.67 Å². The van der Waals surface area contributed by atoms with Gasteiger partial charge in [0, 0.05) is 42.0 Å². The Morgan fingerprint density at radius 1 is 1.00 bits per heavy atom. The third-order valence-electron chi connectivity index (χ3n) is 4.41. The predicted octanol–water partition coefficient (Wildman–Crippen LogP) is 3.47. The molecule has 0 aliphatic carbocycles. The van der Waals surface area contributed by atoms with E-state index in [-0.39, 0.29) is 0 Å². The molecule has 0 unspecified atom stereocenters. The van der Waals surface area contributed by atoms with Crippen LogP contribution < -0.4 is 9.47 Å². The number of benzene rings is 1. The van der Waals surface area contributed by atoms with Crippen molar-refractivity contribution in [2.24, 2.45) is 7.05 Å². The Kier molecular flexibility index (Phi) is 3.35. The molecule has 0 spiro atoms. The minimum absolute atomic E-state index is 0.550. The van der Waals surface area contributed by atoms with Crippen molar-refractivity contribution in [3.8, 4) is 34.0 Å². The second kappa shape index (κ2) is 5.84. The van der Waals surface area contributed by atoms with Crippen LogP contribution in [0.3, 0.4) is 0 Å². The molecule has 0 fully saturated rings. The number of ether oxygens (including phenoxy) is 2. The van der Waals surface area contributed by atoms with Gasteiger partial charge in [0.05, 0.1) is 23.1 Å². The maximum Gasteiger partial charge on any atom is 0.163 e. The van der Waals surface area contributed by atoms with Crippen LogP contribution in [0.5, 0.6) is 11.5 Å². The topological polar surface area (TPSA) is 62.1 Å². The van der Waals surface area contributed by atoms with Crippen molar-refractivity contribution < 1.29 is 9.47 Å². The lowest BCUT2D eigenvalue weighted by molar-refractivity contribution is 0.172. The first-order valence-electron chi connectivity index (χ1n) is 8.43. The summed E-state index contributed by atoms with van der Waals surface area (Å²) in [6, 6.07) is 11.9. The predicted molar refractivity (Wildman–Crippen MR) is 98.2 cm³/mol.